The Hall–Kier alpha value is -2.88. The van der Waals surface area contributed by atoms with Gasteiger partial charge in [0.05, 0.1) is 10.7 Å². The van der Waals surface area contributed by atoms with Crippen LogP contribution in [0.2, 0.25) is 5.02 Å². The first-order valence-electron chi connectivity index (χ1n) is 10.5. The summed E-state index contributed by atoms with van der Waals surface area (Å²) < 4.78 is 6.73. The Bertz CT molecular complexity index is 1210. The summed E-state index contributed by atoms with van der Waals surface area (Å²) in [7, 11) is 0. The fraction of sp³-hybridized carbons (Fsp3) is 0.261. The van der Waals surface area contributed by atoms with E-state index >= 15 is 0 Å². The van der Waals surface area contributed by atoms with E-state index in [1.807, 2.05) is 25.1 Å². The van der Waals surface area contributed by atoms with Gasteiger partial charge in [-0.15, -0.1) is 0 Å². The fourth-order valence-corrected chi connectivity index (χ4v) is 4.31. The van der Waals surface area contributed by atoms with Gasteiger partial charge in [0, 0.05) is 16.4 Å². The summed E-state index contributed by atoms with van der Waals surface area (Å²) in [5.41, 5.74) is 1.39. The molecule has 0 spiro atoms. The van der Waals surface area contributed by atoms with Gasteiger partial charge in [-0.3, -0.25) is 14.6 Å². The number of anilines is 3. The predicted molar refractivity (Wildman–Crippen MR) is 133 cm³/mol. The zero-order chi connectivity index (χ0) is 23.4. The minimum atomic E-state index is -0.612. The molecule has 0 saturated carbocycles. The van der Waals surface area contributed by atoms with Crippen LogP contribution >= 0.6 is 27.5 Å². The maximum absolute atomic E-state index is 12.6. The van der Waals surface area contributed by atoms with Crippen LogP contribution in [0.15, 0.2) is 51.9 Å². The van der Waals surface area contributed by atoms with E-state index in [4.69, 9.17) is 16.3 Å². The van der Waals surface area contributed by atoms with E-state index in [9.17, 15) is 9.59 Å². The number of aromatic amines is 1. The lowest BCUT2D eigenvalue weighted by Crippen LogP contribution is -2.34. The van der Waals surface area contributed by atoms with Crippen molar-refractivity contribution in [3.63, 3.8) is 0 Å². The van der Waals surface area contributed by atoms with E-state index in [0.717, 1.165) is 42.9 Å². The number of ether oxygens (including phenoxy) is 1. The van der Waals surface area contributed by atoms with E-state index in [1.54, 1.807) is 18.2 Å². The Labute approximate surface area is 204 Å². The van der Waals surface area contributed by atoms with Gasteiger partial charge >= 0.3 is 0 Å². The molecule has 4 rings (SSSR count). The third-order valence-electron chi connectivity index (χ3n) is 5.26. The van der Waals surface area contributed by atoms with Crippen molar-refractivity contribution < 1.29 is 9.53 Å². The highest BCUT2D eigenvalue weighted by atomic mass is 79.9. The van der Waals surface area contributed by atoms with Crippen LogP contribution in [0.1, 0.15) is 28.8 Å². The number of nitrogens with one attached hydrogen (secondary N) is 4. The Morgan fingerprint density at radius 1 is 1.24 bits per heavy atom. The normalized spacial score (nSPS) is 14.0. The van der Waals surface area contributed by atoms with E-state index in [0.29, 0.717) is 15.2 Å². The standard InChI is InChI=1S/C23H23BrClN5O3/c1-13-11-14(5-6-19(13)33-15-7-9-26-10-8-15)28-23-27-12-16(22(32)30-23)21(31)29-20-17(24)3-2-4-18(20)25/h2-6,11-12,15,26H,7-10H2,1H3,(H,29,31)(H2,27,28,30,32). The quantitative estimate of drug-likeness (QED) is 0.369. The second kappa shape index (κ2) is 10.4. The molecule has 8 nitrogen and oxygen atoms in total. The van der Waals surface area contributed by atoms with Gasteiger partial charge in [0.1, 0.15) is 17.4 Å². The number of aromatic nitrogens is 2. The molecule has 2 aromatic carbocycles. The molecular weight excluding hydrogens is 510 g/mol. The van der Waals surface area contributed by atoms with Gasteiger partial charge in [-0.2, -0.15) is 0 Å². The molecule has 1 fully saturated rings. The van der Waals surface area contributed by atoms with Crippen molar-refractivity contribution in [2.75, 3.05) is 23.7 Å². The first kappa shape index (κ1) is 23.3. The number of H-pyrrole nitrogens is 1. The van der Waals surface area contributed by atoms with Crippen LogP contribution in [0.25, 0.3) is 0 Å². The summed E-state index contributed by atoms with van der Waals surface area (Å²) in [6.45, 7) is 3.90. The monoisotopic (exact) mass is 531 g/mol. The van der Waals surface area contributed by atoms with Crippen molar-refractivity contribution in [1.82, 2.24) is 15.3 Å². The smallest absolute Gasteiger partial charge is 0.265 e. The van der Waals surface area contributed by atoms with Crippen LogP contribution in [0.3, 0.4) is 0 Å². The molecular formula is C23H23BrClN5O3. The van der Waals surface area contributed by atoms with Gasteiger partial charge < -0.3 is 20.7 Å². The first-order chi connectivity index (χ1) is 15.9. The SMILES string of the molecule is Cc1cc(Nc2ncc(C(=O)Nc3c(Cl)cccc3Br)c(=O)[nH]2)ccc1OC1CCNCC1. The summed E-state index contributed by atoms with van der Waals surface area (Å²) >= 11 is 9.46. The number of piperidine rings is 1. The molecule has 1 amide bonds. The molecule has 0 aliphatic carbocycles. The van der Waals surface area contributed by atoms with Crippen LogP contribution in [-0.4, -0.2) is 35.1 Å². The third-order valence-corrected chi connectivity index (χ3v) is 6.24. The van der Waals surface area contributed by atoms with Crippen LogP contribution in [0.5, 0.6) is 5.75 Å². The number of para-hydroxylation sites is 1. The second-order valence-electron chi connectivity index (χ2n) is 7.70. The maximum atomic E-state index is 12.6. The van der Waals surface area contributed by atoms with Crippen molar-refractivity contribution in [2.24, 2.45) is 0 Å². The van der Waals surface area contributed by atoms with Crippen molar-refractivity contribution in [3.8, 4) is 5.75 Å². The van der Waals surface area contributed by atoms with Crippen molar-refractivity contribution in [2.45, 2.75) is 25.9 Å². The van der Waals surface area contributed by atoms with Crippen molar-refractivity contribution >= 4 is 50.8 Å². The highest BCUT2D eigenvalue weighted by Gasteiger charge is 2.17. The number of amides is 1. The number of benzene rings is 2. The molecule has 0 atom stereocenters. The molecule has 1 aliphatic rings. The van der Waals surface area contributed by atoms with E-state index < -0.39 is 11.5 Å². The van der Waals surface area contributed by atoms with E-state index in [-0.39, 0.29) is 17.6 Å². The van der Waals surface area contributed by atoms with Crippen LogP contribution < -0.4 is 26.2 Å². The lowest BCUT2D eigenvalue weighted by atomic mass is 10.1. The van der Waals surface area contributed by atoms with Crippen LogP contribution in [-0.2, 0) is 0 Å². The van der Waals surface area contributed by atoms with Crippen LogP contribution in [0, 0.1) is 6.92 Å². The number of carbonyl (C=O) groups is 1. The lowest BCUT2D eigenvalue weighted by molar-refractivity contribution is 0.102. The molecule has 3 aromatic rings. The second-order valence-corrected chi connectivity index (χ2v) is 8.96. The third kappa shape index (κ3) is 5.73. The molecule has 4 N–H and O–H groups in total. The first-order valence-corrected chi connectivity index (χ1v) is 11.7. The van der Waals surface area contributed by atoms with Gasteiger partial charge in [0.2, 0.25) is 5.95 Å². The highest BCUT2D eigenvalue weighted by molar-refractivity contribution is 9.10. The number of carbonyl (C=O) groups excluding carboxylic acids is 1. The molecule has 1 aliphatic heterocycles. The topological polar surface area (TPSA) is 108 Å². The van der Waals surface area contributed by atoms with Gasteiger partial charge in [-0.25, -0.2) is 4.98 Å². The number of aryl methyl sites for hydroxylation is 1. The van der Waals surface area contributed by atoms with Gasteiger partial charge in [-0.1, -0.05) is 17.7 Å². The predicted octanol–water partition coefficient (Wildman–Crippen LogP) is 4.62. The summed E-state index contributed by atoms with van der Waals surface area (Å²) in [6.07, 6.45) is 3.41. The Morgan fingerprint density at radius 2 is 2.03 bits per heavy atom. The minimum Gasteiger partial charge on any atom is -0.490 e. The largest absolute Gasteiger partial charge is 0.490 e. The molecule has 0 bridgehead atoms. The van der Waals surface area contributed by atoms with Gasteiger partial charge in [0.15, 0.2) is 0 Å². The Balaban J connectivity index is 1.44. The maximum Gasteiger partial charge on any atom is 0.265 e. The molecule has 0 unspecified atom stereocenters. The average Bonchev–Trinajstić information content (AvgIpc) is 2.79. The zero-order valence-corrected chi connectivity index (χ0v) is 20.2. The fourth-order valence-electron chi connectivity index (χ4n) is 3.51. The summed E-state index contributed by atoms with van der Waals surface area (Å²) in [4.78, 5) is 31.9. The Kier molecular flexibility index (Phi) is 7.32. The summed E-state index contributed by atoms with van der Waals surface area (Å²) in [5, 5.41) is 9.37. The number of rotatable bonds is 6. The van der Waals surface area contributed by atoms with E-state index in [2.05, 4.69) is 41.8 Å². The van der Waals surface area contributed by atoms with Crippen molar-refractivity contribution in [3.05, 3.63) is 73.6 Å². The molecule has 10 heteroatoms. The van der Waals surface area contributed by atoms with Gasteiger partial charge in [0.25, 0.3) is 11.5 Å². The Morgan fingerprint density at radius 3 is 2.73 bits per heavy atom. The molecule has 2 heterocycles. The zero-order valence-electron chi connectivity index (χ0n) is 17.9. The number of hydrogen-bond donors (Lipinski definition) is 4. The summed E-state index contributed by atoms with van der Waals surface area (Å²) in [6, 6.07) is 10.8. The molecule has 1 aromatic heterocycles. The highest BCUT2D eigenvalue weighted by Crippen LogP contribution is 2.30. The molecule has 1 saturated heterocycles. The average molecular weight is 533 g/mol. The number of halogens is 2. The molecule has 0 radical (unpaired) electrons. The van der Waals surface area contributed by atoms with E-state index in [1.165, 1.54) is 6.20 Å². The lowest BCUT2D eigenvalue weighted by Gasteiger charge is -2.24. The number of hydrogen-bond acceptors (Lipinski definition) is 6. The minimum absolute atomic E-state index is 0.130. The number of nitrogens with zero attached hydrogens (tertiary/aromatic N) is 1. The van der Waals surface area contributed by atoms with Crippen LogP contribution in [0.4, 0.5) is 17.3 Å². The molecule has 33 heavy (non-hydrogen) atoms. The van der Waals surface area contributed by atoms with Crippen molar-refractivity contribution in [1.29, 1.82) is 0 Å². The molecule has 172 valence electrons. The van der Waals surface area contributed by atoms with Gasteiger partial charge in [-0.05, 0) is 84.7 Å². The summed E-state index contributed by atoms with van der Waals surface area (Å²) in [5.74, 6) is 0.452.